The number of nitrogens with zero attached hydrogens (tertiary/aromatic N) is 5. The summed E-state index contributed by atoms with van der Waals surface area (Å²) >= 11 is 1.36. The lowest BCUT2D eigenvalue weighted by molar-refractivity contribution is -0.116. The first kappa shape index (κ1) is 19.8. The van der Waals surface area contributed by atoms with Gasteiger partial charge in [0.15, 0.2) is 5.16 Å². The number of hydrogen-bond acceptors (Lipinski definition) is 5. The summed E-state index contributed by atoms with van der Waals surface area (Å²) in [6.45, 7) is 4.67. The first-order chi connectivity index (χ1) is 15.1. The van der Waals surface area contributed by atoms with Crippen LogP contribution in [-0.2, 0) is 17.8 Å². The summed E-state index contributed by atoms with van der Waals surface area (Å²) in [5, 5.41) is 9.88. The third kappa shape index (κ3) is 3.22. The van der Waals surface area contributed by atoms with E-state index in [9.17, 15) is 9.59 Å². The molecular formula is C23H23N5O2S. The van der Waals surface area contributed by atoms with Crippen LogP contribution in [0.5, 0.6) is 0 Å². The topological polar surface area (TPSA) is 72.5 Å². The second kappa shape index (κ2) is 7.85. The number of benzene rings is 2. The Bertz CT molecular complexity index is 1360. The van der Waals surface area contributed by atoms with Crippen molar-refractivity contribution in [1.29, 1.82) is 0 Å². The van der Waals surface area contributed by atoms with E-state index in [0.29, 0.717) is 22.9 Å². The van der Waals surface area contributed by atoms with Crippen molar-refractivity contribution in [2.75, 3.05) is 10.7 Å². The molecule has 2 aromatic carbocycles. The molecule has 8 heteroatoms. The van der Waals surface area contributed by atoms with Crippen LogP contribution >= 0.6 is 11.8 Å². The molecule has 31 heavy (non-hydrogen) atoms. The van der Waals surface area contributed by atoms with Crippen LogP contribution in [0.25, 0.3) is 16.7 Å². The Labute approximate surface area is 183 Å². The molecule has 0 saturated carbocycles. The molecular weight excluding hydrogens is 410 g/mol. The SMILES string of the molecule is CCCn1c(=O)c2ccccc2n2c(SCC(=O)N3c4ccccc4CC3C)nnc12. The van der Waals surface area contributed by atoms with Gasteiger partial charge in [0.1, 0.15) is 0 Å². The molecule has 1 unspecified atom stereocenters. The van der Waals surface area contributed by atoms with Crippen LogP contribution in [0.15, 0.2) is 58.5 Å². The molecule has 1 amide bonds. The van der Waals surface area contributed by atoms with Crippen LogP contribution in [0.3, 0.4) is 0 Å². The number of fused-ring (bicyclic) bond motifs is 4. The quantitative estimate of drug-likeness (QED) is 0.450. The van der Waals surface area contributed by atoms with E-state index in [4.69, 9.17) is 0 Å². The van der Waals surface area contributed by atoms with Gasteiger partial charge in [-0.05, 0) is 43.5 Å². The van der Waals surface area contributed by atoms with Crippen LogP contribution < -0.4 is 10.5 Å². The van der Waals surface area contributed by atoms with Crippen molar-refractivity contribution in [3.8, 4) is 0 Å². The average Bonchev–Trinajstić information content (AvgIpc) is 3.35. The third-order valence-electron chi connectivity index (χ3n) is 5.73. The first-order valence-electron chi connectivity index (χ1n) is 10.5. The largest absolute Gasteiger partial charge is 0.308 e. The Balaban J connectivity index is 1.51. The van der Waals surface area contributed by atoms with Crippen LogP contribution in [0, 0.1) is 0 Å². The highest BCUT2D eigenvalue weighted by atomic mass is 32.2. The minimum absolute atomic E-state index is 0.0467. The van der Waals surface area contributed by atoms with Gasteiger partial charge in [-0.1, -0.05) is 49.0 Å². The van der Waals surface area contributed by atoms with Crippen molar-refractivity contribution in [1.82, 2.24) is 19.2 Å². The highest BCUT2D eigenvalue weighted by Gasteiger charge is 2.30. The van der Waals surface area contributed by atoms with Crippen LogP contribution in [0.2, 0.25) is 0 Å². The van der Waals surface area contributed by atoms with Gasteiger partial charge in [0.25, 0.3) is 5.56 Å². The summed E-state index contributed by atoms with van der Waals surface area (Å²) in [4.78, 5) is 28.0. The third-order valence-corrected chi connectivity index (χ3v) is 6.64. The summed E-state index contributed by atoms with van der Waals surface area (Å²) in [7, 11) is 0. The molecule has 1 aliphatic heterocycles. The molecule has 158 valence electrons. The lowest BCUT2D eigenvalue weighted by atomic mass is 10.1. The summed E-state index contributed by atoms with van der Waals surface area (Å²) < 4.78 is 3.56. The number of aryl methyl sites for hydroxylation is 1. The van der Waals surface area contributed by atoms with Gasteiger partial charge in [-0.3, -0.25) is 18.6 Å². The standard InChI is InChI=1S/C23H23N5O2S/c1-3-12-26-21(30)17-9-5-7-11-19(17)28-22(26)24-25-23(28)31-14-20(29)27-15(2)13-16-8-4-6-10-18(16)27/h4-11,15H,3,12-14H2,1-2H3. The molecule has 5 rings (SSSR count). The zero-order chi connectivity index (χ0) is 21.5. The van der Waals surface area contributed by atoms with E-state index in [2.05, 4.69) is 23.2 Å². The van der Waals surface area contributed by atoms with Gasteiger partial charge < -0.3 is 4.90 Å². The molecule has 0 N–H and O–H groups in total. The first-order valence-corrected chi connectivity index (χ1v) is 11.5. The maximum atomic E-state index is 13.1. The van der Waals surface area contributed by atoms with Crippen molar-refractivity contribution >= 4 is 40.0 Å². The Kier molecular flexibility index (Phi) is 5.02. The Morgan fingerprint density at radius 3 is 2.74 bits per heavy atom. The van der Waals surface area contributed by atoms with Crippen molar-refractivity contribution in [3.05, 3.63) is 64.4 Å². The fourth-order valence-electron chi connectivity index (χ4n) is 4.39. The number of anilines is 1. The van der Waals surface area contributed by atoms with Gasteiger partial charge in [0.05, 0.1) is 16.7 Å². The smallest absolute Gasteiger partial charge is 0.262 e. The van der Waals surface area contributed by atoms with Crippen molar-refractivity contribution in [2.24, 2.45) is 0 Å². The zero-order valence-corrected chi connectivity index (χ0v) is 18.3. The fourth-order valence-corrected chi connectivity index (χ4v) is 5.19. The second-order valence-electron chi connectivity index (χ2n) is 7.83. The van der Waals surface area contributed by atoms with E-state index in [0.717, 1.165) is 24.0 Å². The number of carbonyl (C=O) groups excluding carboxylic acids is 1. The fraction of sp³-hybridized carbons (Fsp3) is 0.304. The normalized spacial score (nSPS) is 15.7. The highest BCUT2D eigenvalue weighted by molar-refractivity contribution is 7.99. The summed E-state index contributed by atoms with van der Waals surface area (Å²) in [5.41, 5.74) is 2.90. The van der Waals surface area contributed by atoms with Gasteiger partial charge in [-0.25, -0.2) is 0 Å². The zero-order valence-electron chi connectivity index (χ0n) is 17.5. The minimum atomic E-state index is -0.0625. The maximum Gasteiger partial charge on any atom is 0.262 e. The number of para-hydroxylation sites is 2. The maximum absolute atomic E-state index is 13.1. The number of aromatic nitrogens is 4. The number of thioether (sulfide) groups is 1. The molecule has 1 aliphatic rings. The van der Waals surface area contributed by atoms with E-state index < -0.39 is 0 Å². The van der Waals surface area contributed by atoms with Crippen LogP contribution in [0.4, 0.5) is 5.69 Å². The van der Waals surface area contributed by atoms with E-state index in [1.54, 1.807) is 4.57 Å². The van der Waals surface area contributed by atoms with Crippen molar-refractivity contribution in [3.63, 3.8) is 0 Å². The Morgan fingerprint density at radius 1 is 1.13 bits per heavy atom. The van der Waals surface area contributed by atoms with E-state index in [1.807, 2.05) is 58.7 Å². The number of carbonyl (C=O) groups is 1. The van der Waals surface area contributed by atoms with Gasteiger partial charge in [-0.2, -0.15) is 0 Å². The number of hydrogen-bond donors (Lipinski definition) is 0. The highest BCUT2D eigenvalue weighted by Crippen LogP contribution is 2.33. The molecule has 0 fully saturated rings. The Morgan fingerprint density at radius 2 is 1.90 bits per heavy atom. The molecule has 0 aliphatic carbocycles. The van der Waals surface area contributed by atoms with E-state index >= 15 is 0 Å². The number of rotatable bonds is 5. The van der Waals surface area contributed by atoms with Crippen molar-refractivity contribution in [2.45, 2.75) is 44.4 Å². The summed E-state index contributed by atoms with van der Waals surface area (Å²) in [6, 6.07) is 15.7. The summed E-state index contributed by atoms with van der Waals surface area (Å²) in [5.74, 6) is 0.812. The molecule has 7 nitrogen and oxygen atoms in total. The monoisotopic (exact) mass is 433 g/mol. The van der Waals surface area contributed by atoms with Crippen molar-refractivity contribution < 1.29 is 4.79 Å². The molecule has 3 heterocycles. The second-order valence-corrected chi connectivity index (χ2v) is 8.77. The molecule has 0 spiro atoms. The van der Waals surface area contributed by atoms with Gasteiger partial charge in [-0.15, -0.1) is 10.2 Å². The lowest BCUT2D eigenvalue weighted by Gasteiger charge is -2.22. The van der Waals surface area contributed by atoms with Gasteiger partial charge in [0.2, 0.25) is 11.7 Å². The van der Waals surface area contributed by atoms with E-state index in [-0.39, 0.29) is 23.3 Å². The minimum Gasteiger partial charge on any atom is -0.308 e. The molecule has 0 saturated heterocycles. The van der Waals surface area contributed by atoms with Crippen LogP contribution in [-0.4, -0.2) is 36.9 Å². The number of amides is 1. The van der Waals surface area contributed by atoms with Crippen LogP contribution in [0.1, 0.15) is 25.8 Å². The van der Waals surface area contributed by atoms with Gasteiger partial charge >= 0.3 is 0 Å². The predicted molar refractivity (Wildman–Crippen MR) is 123 cm³/mol. The molecule has 2 aromatic heterocycles. The molecule has 1 atom stereocenters. The summed E-state index contributed by atoms with van der Waals surface area (Å²) in [6.07, 6.45) is 1.68. The predicted octanol–water partition coefficient (Wildman–Crippen LogP) is 3.52. The van der Waals surface area contributed by atoms with Gasteiger partial charge in [0, 0.05) is 18.3 Å². The van der Waals surface area contributed by atoms with E-state index in [1.165, 1.54) is 17.3 Å². The average molecular weight is 434 g/mol. The lowest BCUT2D eigenvalue weighted by Crippen LogP contribution is -2.37. The Hall–Kier alpha value is -3.13. The molecule has 0 bridgehead atoms. The molecule has 0 radical (unpaired) electrons. The molecule has 4 aromatic rings.